The lowest BCUT2D eigenvalue weighted by atomic mass is 10.1. The van der Waals surface area contributed by atoms with Crippen LogP contribution in [-0.4, -0.2) is 18.0 Å². The second-order valence-corrected chi connectivity index (χ2v) is 4.09. The van der Waals surface area contributed by atoms with Gasteiger partial charge in [0.1, 0.15) is 0 Å². The van der Waals surface area contributed by atoms with Gasteiger partial charge in [-0.3, -0.25) is 10.1 Å². The molecule has 0 unspecified atom stereocenters. The van der Waals surface area contributed by atoms with E-state index in [1.165, 1.54) is 20.1 Å². The number of esters is 1. The largest absolute Gasteiger partial charge is 0.465 e. The Morgan fingerprint density at radius 3 is 2.60 bits per heavy atom. The maximum absolute atomic E-state index is 11.3. The lowest BCUT2D eigenvalue weighted by molar-refractivity contribution is -0.385. The van der Waals surface area contributed by atoms with E-state index in [9.17, 15) is 14.9 Å². The highest BCUT2D eigenvalue weighted by molar-refractivity contribution is 14.1. The van der Waals surface area contributed by atoms with Gasteiger partial charge in [0, 0.05) is 15.2 Å². The monoisotopic (exact) mass is 321 g/mol. The SMILES string of the molecule is COC(=O)c1cc(I)cc([N+](=O)[O-])c1C. The lowest BCUT2D eigenvalue weighted by Gasteiger charge is -2.05. The van der Waals surface area contributed by atoms with Crippen LogP contribution in [0.1, 0.15) is 15.9 Å². The van der Waals surface area contributed by atoms with Crippen molar-refractivity contribution in [3.05, 3.63) is 36.9 Å². The van der Waals surface area contributed by atoms with Crippen molar-refractivity contribution < 1.29 is 14.5 Å². The number of halogens is 1. The summed E-state index contributed by atoms with van der Waals surface area (Å²) in [5, 5.41) is 10.7. The molecule has 0 spiro atoms. The summed E-state index contributed by atoms with van der Waals surface area (Å²) in [6.45, 7) is 1.53. The van der Waals surface area contributed by atoms with E-state index in [2.05, 4.69) is 4.74 Å². The predicted octanol–water partition coefficient (Wildman–Crippen LogP) is 2.29. The Morgan fingerprint density at radius 2 is 2.13 bits per heavy atom. The van der Waals surface area contributed by atoms with Gasteiger partial charge in [0.2, 0.25) is 0 Å². The first kappa shape index (κ1) is 11.9. The Kier molecular flexibility index (Phi) is 3.61. The standard InChI is InChI=1S/C9H8INO4/c1-5-7(9(12)15-2)3-6(10)4-8(5)11(13)14/h3-4H,1-2H3. The number of nitro benzene ring substituents is 1. The molecule has 5 nitrogen and oxygen atoms in total. The molecule has 0 fully saturated rings. The maximum atomic E-state index is 11.3. The lowest BCUT2D eigenvalue weighted by Crippen LogP contribution is -2.06. The molecule has 1 rings (SSSR count). The Balaban J connectivity index is 3.41. The molecule has 1 aromatic carbocycles. The van der Waals surface area contributed by atoms with E-state index in [0.717, 1.165) is 0 Å². The van der Waals surface area contributed by atoms with Gasteiger partial charge >= 0.3 is 5.97 Å². The summed E-state index contributed by atoms with van der Waals surface area (Å²) < 4.78 is 5.17. The predicted molar refractivity (Wildman–Crippen MR) is 61.9 cm³/mol. The highest BCUT2D eigenvalue weighted by Gasteiger charge is 2.19. The highest BCUT2D eigenvalue weighted by atomic mass is 127. The van der Waals surface area contributed by atoms with Crippen molar-refractivity contribution in [2.45, 2.75) is 6.92 Å². The van der Waals surface area contributed by atoms with Crippen LogP contribution in [0, 0.1) is 20.6 Å². The number of hydrogen-bond donors (Lipinski definition) is 0. The Labute approximate surface area is 99.7 Å². The molecule has 0 heterocycles. The van der Waals surface area contributed by atoms with E-state index >= 15 is 0 Å². The van der Waals surface area contributed by atoms with Crippen molar-refractivity contribution in [3.63, 3.8) is 0 Å². The van der Waals surface area contributed by atoms with Crippen molar-refractivity contribution in [1.29, 1.82) is 0 Å². The van der Waals surface area contributed by atoms with E-state index in [-0.39, 0.29) is 11.3 Å². The van der Waals surface area contributed by atoms with Crippen LogP contribution in [0.25, 0.3) is 0 Å². The molecule has 0 saturated heterocycles. The van der Waals surface area contributed by atoms with Crippen molar-refractivity contribution in [2.24, 2.45) is 0 Å². The molecule has 0 saturated carbocycles. The van der Waals surface area contributed by atoms with Crippen LogP contribution in [0.15, 0.2) is 12.1 Å². The Morgan fingerprint density at radius 1 is 1.53 bits per heavy atom. The number of hydrogen-bond acceptors (Lipinski definition) is 4. The summed E-state index contributed by atoms with van der Waals surface area (Å²) in [7, 11) is 1.24. The van der Waals surface area contributed by atoms with Crippen molar-refractivity contribution in [2.75, 3.05) is 7.11 Å². The normalized spacial score (nSPS) is 9.80. The summed E-state index contributed by atoms with van der Waals surface area (Å²) in [5.74, 6) is -0.561. The van der Waals surface area contributed by atoms with Gasteiger partial charge in [0.15, 0.2) is 0 Å². The number of ether oxygens (including phenoxy) is 1. The third kappa shape index (κ3) is 2.44. The third-order valence-corrected chi connectivity index (χ3v) is 2.57. The fourth-order valence-corrected chi connectivity index (χ4v) is 1.78. The number of rotatable bonds is 2. The first-order chi connectivity index (χ1) is 6.97. The molecule has 1 aromatic rings. The zero-order valence-corrected chi connectivity index (χ0v) is 10.3. The van der Waals surface area contributed by atoms with Gasteiger partial charge in [-0.1, -0.05) is 0 Å². The van der Waals surface area contributed by atoms with Crippen LogP contribution in [-0.2, 0) is 4.74 Å². The van der Waals surface area contributed by atoms with Crippen LogP contribution in [0.4, 0.5) is 5.69 Å². The van der Waals surface area contributed by atoms with Gasteiger partial charge in [-0.25, -0.2) is 4.79 Å². The first-order valence-corrected chi connectivity index (χ1v) is 5.08. The van der Waals surface area contributed by atoms with Crippen LogP contribution in [0.2, 0.25) is 0 Å². The van der Waals surface area contributed by atoms with Crippen LogP contribution in [0.5, 0.6) is 0 Å². The molecule has 0 radical (unpaired) electrons. The summed E-state index contributed by atoms with van der Waals surface area (Å²) in [6, 6.07) is 2.98. The van der Waals surface area contributed by atoms with Crippen molar-refractivity contribution in [1.82, 2.24) is 0 Å². The molecule has 0 amide bonds. The van der Waals surface area contributed by atoms with Crippen molar-refractivity contribution >= 4 is 34.2 Å². The van der Waals surface area contributed by atoms with Crippen LogP contribution >= 0.6 is 22.6 Å². The van der Waals surface area contributed by atoms with E-state index in [4.69, 9.17) is 0 Å². The van der Waals surface area contributed by atoms with Gasteiger partial charge in [-0.15, -0.1) is 0 Å². The number of methoxy groups -OCH3 is 1. The molecule has 15 heavy (non-hydrogen) atoms. The zero-order valence-electron chi connectivity index (χ0n) is 8.11. The quantitative estimate of drug-likeness (QED) is 0.363. The number of nitrogens with zero attached hydrogens (tertiary/aromatic N) is 1. The fourth-order valence-electron chi connectivity index (χ4n) is 1.18. The number of nitro groups is 1. The Bertz CT molecular complexity index is 430. The molecule has 0 aromatic heterocycles. The highest BCUT2D eigenvalue weighted by Crippen LogP contribution is 2.25. The summed E-state index contributed by atoms with van der Waals surface area (Å²) >= 11 is 1.92. The van der Waals surface area contributed by atoms with Gasteiger partial charge in [0.25, 0.3) is 5.69 Å². The smallest absolute Gasteiger partial charge is 0.338 e. The molecule has 0 aliphatic carbocycles. The third-order valence-electron chi connectivity index (χ3n) is 1.95. The molecule has 80 valence electrons. The second-order valence-electron chi connectivity index (χ2n) is 2.85. The number of carbonyl (C=O) groups excluding carboxylic acids is 1. The van der Waals surface area contributed by atoms with E-state index in [1.807, 2.05) is 22.6 Å². The van der Waals surface area contributed by atoms with Gasteiger partial charge < -0.3 is 4.74 Å². The van der Waals surface area contributed by atoms with Crippen molar-refractivity contribution in [3.8, 4) is 0 Å². The molecule has 0 N–H and O–H groups in total. The molecule has 0 bridgehead atoms. The second kappa shape index (κ2) is 4.56. The van der Waals surface area contributed by atoms with E-state index in [1.54, 1.807) is 6.07 Å². The molecule has 0 aliphatic rings. The maximum Gasteiger partial charge on any atom is 0.338 e. The minimum Gasteiger partial charge on any atom is -0.465 e. The van der Waals surface area contributed by atoms with E-state index in [0.29, 0.717) is 9.13 Å². The van der Waals surface area contributed by atoms with Crippen LogP contribution in [0.3, 0.4) is 0 Å². The molecular weight excluding hydrogens is 313 g/mol. The molecule has 0 atom stereocenters. The minimum absolute atomic E-state index is 0.0673. The first-order valence-electron chi connectivity index (χ1n) is 4.00. The molecular formula is C9H8INO4. The van der Waals surface area contributed by atoms with Gasteiger partial charge in [0.05, 0.1) is 17.6 Å². The van der Waals surface area contributed by atoms with Gasteiger partial charge in [-0.2, -0.15) is 0 Å². The van der Waals surface area contributed by atoms with Crippen LogP contribution < -0.4 is 0 Å². The number of carbonyl (C=O) groups is 1. The number of benzene rings is 1. The fraction of sp³-hybridized carbons (Fsp3) is 0.222. The Hall–Kier alpha value is -1.18. The summed E-state index contributed by atoms with van der Waals surface area (Å²) in [6.07, 6.45) is 0. The zero-order chi connectivity index (χ0) is 11.6. The average molecular weight is 321 g/mol. The summed E-state index contributed by atoms with van der Waals surface area (Å²) in [5.41, 5.74) is 0.491. The summed E-state index contributed by atoms with van der Waals surface area (Å²) in [4.78, 5) is 21.5. The molecule has 6 heteroatoms. The van der Waals surface area contributed by atoms with E-state index < -0.39 is 10.9 Å². The minimum atomic E-state index is -0.561. The average Bonchev–Trinajstić information content (AvgIpc) is 2.19. The van der Waals surface area contributed by atoms with Gasteiger partial charge in [-0.05, 0) is 35.6 Å². The topological polar surface area (TPSA) is 69.4 Å². The molecule has 0 aliphatic heterocycles.